The van der Waals surface area contributed by atoms with Crippen molar-refractivity contribution in [1.29, 1.82) is 0 Å². The van der Waals surface area contributed by atoms with E-state index in [0.29, 0.717) is 5.56 Å². The van der Waals surface area contributed by atoms with Crippen LogP contribution in [0.25, 0.3) is 10.9 Å². The van der Waals surface area contributed by atoms with Gasteiger partial charge in [-0.05, 0) is 62.3 Å². The van der Waals surface area contributed by atoms with Crippen molar-refractivity contribution in [2.45, 2.75) is 25.9 Å². The summed E-state index contributed by atoms with van der Waals surface area (Å²) in [6.45, 7) is 5.79. The number of H-pyrrole nitrogens is 1. The predicted molar refractivity (Wildman–Crippen MR) is 118 cm³/mol. The third-order valence-corrected chi connectivity index (χ3v) is 6.15. The molecule has 0 radical (unpaired) electrons. The van der Waals surface area contributed by atoms with Gasteiger partial charge in [-0.2, -0.15) is 0 Å². The van der Waals surface area contributed by atoms with Crippen LogP contribution < -0.4 is 4.74 Å². The molecule has 0 spiro atoms. The number of hydrogen-bond donors (Lipinski definition) is 2. The zero-order valence-electron chi connectivity index (χ0n) is 17.8. The van der Waals surface area contributed by atoms with Gasteiger partial charge in [0.05, 0.1) is 12.7 Å². The quantitative estimate of drug-likeness (QED) is 0.668. The maximum absolute atomic E-state index is 11.3. The van der Waals surface area contributed by atoms with E-state index in [1.807, 2.05) is 18.3 Å². The number of aryl methyl sites for hydroxylation is 1. The Balaban J connectivity index is 1.72. The lowest BCUT2D eigenvalue weighted by atomic mass is 10.00. The summed E-state index contributed by atoms with van der Waals surface area (Å²) < 4.78 is 5.76. The van der Waals surface area contributed by atoms with Gasteiger partial charge in [0.2, 0.25) is 0 Å². The lowest BCUT2D eigenvalue weighted by Crippen LogP contribution is -2.33. The number of aromatic nitrogens is 1. The molecule has 2 N–H and O–H groups in total. The van der Waals surface area contributed by atoms with Gasteiger partial charge in [-0.3, -0.25) is 4.90 Å². The van der Waals surface area contributed by atoms with Crippen molar-refractivity contribution in [2.24, 2.45) is 0 Å². The summed E-state index contributed by atoms with van der Waals surface area (Å²) in [6, 6.07) is 11.7. The first-order valence-corrected chi connectivity index (χ1v) is 10.4. The molecule has 2 heterocycles. The van der Waals surface area contributed by atoms with Crippen molar-refractivity contribution in [3.05, 3.63) is 64.8 Å². The van der Waals surface area contributed by atoms with E-state index in [9.17, 15) is 9.90 Å². The number of aromatic amines is 1. The predicted octanol–water partition coefficient (Wildman–Crippen LogP) is 4.06. The van der Waals surface area contributed by atoms with Crippen molar-refractivity contribution in [1.82, 2.24) is 14.8 Å². The Kier molecular flexibility index (Phi) is 5.79. The van der Waals surface area contributed by atoms with E-state index < -0.39 is 5.97 Å². The van der Waals surface area contributed by atoms with E-state index in [1.54, 1.807) is 19.2 Å². The fourth-order valence-corrected chi connectivity index (χ4v) is 4.54. The monoisotopic (exact) mass is 407 g/mol. The Morgan fingerprint density at radius 2 is 2.00 bits per heavy atom. The highest BCUT2D eigenvalue weighted by atomic mass is 16.5. The number of ether oxygens (including phenoxy) is 1. The average Bonchev–Trinajstić information content (AvgIpc) is 3.16. The minimum Gasteiger partial charge on any atom is -0.496 e. The van der Waals surface area contributed by atoms with Crippen molar-refractivity contribution in [2.75, 3.05) is 33.8 Å². The van der Waals surface area contributed by atoms with Crippen LogP contribution in [0.2, 0.25) is 0 Å². The Labute approximate surface area is 177 Å². The minimum atomic E-state index is -0.893. The molecular weight excluding hydrogens is 378 g/mol. The molecule has 1 unspecified atom stereocenters. The van der Waals surface area contributed by atoms with Crippen LogP contribution >= 0.6 is 0 Å². The molecule has 0 bridgehead atoms. The van der Waals surface area contributed by atoms with E-state index >= 15 is 0 Å². The van der Waals surface area contributed by atoms with Crippen molar-refractivity contribution in [3.63, 3.8) is 0 Å². The van der Waals surface area contributed by atoms with Crippen molar-refractivity contribution in [3.8, 4) is 5.75 Å². The first-order chi connectivity index (χ1) is 14.5. The highest BCUT2D eigenvalue weighted by molar-refractivity contribution is 5.88. The summed E-state index contributed by atoms with van der Waals surface area (Å²) in [5.41, 5.74) is 4.98. The second-order valence-electron chi connectivity index (χ2n) is 8.17. The molecule has 4 rings (SSSR count). The molecule has 1 fully saturated rings. The van der Waals surface area contributed by atoms with Gasteiger partial charge in [0.15, 0.2) is 0 Å². The summed E-state index contributed by atoms with van der Waals surface area (Å²) in [5.74, 6) is 0.0211. The standard InChI is InChI=1S/C24H29N3O3/c1-16-13-22(30-3)20(19-9-10-25-23(16)19)14-27-12-4-11-26(2)15-21(27)17-5-7-18(8-6-17)24(28)29/h5-10,13,21,25H,4,11-12,14-15H2,1-3H3,(H,28,29). The Morgan fingerprint density at radius 1 is 1.23 bits per heavy atom. The Morgan fingerprint density at radius 3 is 2.70 bits per heavy atom. The molecule has 30 heavy (non-hydrogen) atoms. The second-order valence-corrected chi connectivity index (χ2v) is 8.17. The van der Waals surface area contributed by atoms with E-state index in [0.717, 1.165) is 49.4 Å². The zero-order valence-corrected chi connectivity index (χ0v) is 17.8. The van der Waals surface area contributed by atoms with Crippen LogP contribution in [0.1, 0.15) is 39.5 Å². The van der Waals surface area contributed by atoms with Gasteiger partial charge in [-0.25, -0.2) is 4.79 Å². The molecule has 0 aliphatic carbocycles. The van der Waals surface area contributed by atoms with Crippen LogP contribution in [0.5, 0.6) is 5.75 Å². The molecule has 6 nitrogen and oxygen atoms in total. The lowest BCUT2D eigenvalue weighted by molar-refractivity contribution is 0.0697. The van der Waals surface area contributed by atoms with Gasteiger partial charge in [-0.15, -0.1) is 0 Å². The van der Waals surface area contributed by atoms with Gasteiger partial charge in [0, 0.05) is 48.3 Å². The van der Waals surface area contributed by atoms with Gasteiger partial charge >= 0.3 is 5.97 Å². The average molecular weight is 408 g/mol. The number of methoxy groups -OCH3 is 1. The van der Waals surface area contributed by atoms with Crippen LogP contribution in [-0.4, -0.2) is 59.7 Å². The number of rotatable bonds is 5. The number of hydrogen-bond acceptors (Lipinski definition) is 4. The number of likely N-dealkylation sites (N-methyl/N-ethyl adjacent to an activating group) is 1. The van der Waals surface area contributed by atoms with E-state index in [4.69, 9.17) is 4.74 Å². The summed E-state index contributed by atoms with van der Waals surface area (Å²) in [7, 11) is 3.88. The number of nitrogens with one attached hydrogen (secondary N) is 1. The van der Waals surface area contributed by atoms with Gasteiger partial charge < -0.3 is 19.7 Å². The highest BCUT2D eigenvalue weighted by Gasteiger charge is 2.27. The molecule has 1 aliphatic heterocycles. The molecule has 1 saturated heterocycles. The Hall–Kier alpha value is -2.83. The first-order valence-electron chi connectivity index (χ1n) is 10.4. The van der Waals surface area contributed by atoms with Crippen LogP contribution in [-0.2, 0) is 6.54 Å². The molecule has 1 aromatic heterocycles. The SMILES string of the molecule is COc1cc(C)c2[nH]ccc2c1CN1CCCN(C)CC1c1ccc(C(=O)O)cc1. The number of benzene rings is 2. The van der Waals surface area contributed by atoms with Crippen LogP contribution in [0.3, 0.4) is 0 Å². The van der Waals surface area contributed by atoms with E-state index in [1.165, 1.54) is 16.5 Å². The molecule has 3 aromatic rings. The summed E-state index contributed by atoms with van der Waals surface area (Å²) in [6.07, 6.45) is 3.07. The number of fused-ring (bicyclic) bond motifs is 1. The van der Waals surface area contributed by atoms with E-state index in [2.05, 4.69) is 40.9 Å². The third-order valence-electron chi connectivity index (χ3n) is 6.15. The maximum Gasteiger partial charge on any atom is 0.335 e. The van der Waals surface area contributed by atoms with Gasteiger partial charge in [0.1, 0.15) is 5.75 Å². The minimum absolute atomic E-state index is 0.181. The third kappa shape index (κ3) is 3.93. The smallest absolute Gasteiger partial charge is 0.335 e. The molecule has 158 valence electrons. The van der Waals surface area contributed by atoms with Gasteiger partial charge in [-0.1, -0.05) is 12.1 Å². The number of carboxylic acid groups (broad SMARTS) is 1. The second kappa shape index (κ2) is 8.50. The molecular formula is C24H29N3O3. The fraction of sp³-hybridized carbons (Fsp3) is 0.375. The summed E-state index contributed by atoms with van der Waals surface area (Å²) >= 11 is 0. The molecule has 2 aromatic carbocycles. The molecule has 6 heteroatoms. The van der Waals surface area contributed by atoms with Crippen LogP contribution in [0.4, 0.5) is 0 Å². The topological polar surface area (TPSA) is 68.8 Å². The number of nitrogens with zero attached hydrogens (tertiary/aromatic N) is 2. The van der Waals surface area contributed by atoms with Crippen molar-refractivity contribution < 1.29 is 14.6 Å². The fourth-order valence-electron chi connectivity index (χ4n) is 4.54. The molecule has 1 aliphatic rings. The normalized spacial score (nSPS) is 18.4. The summed E-state index contributed by atoms with van der Waals surface area (Å²) in [4.78, 5) is 19.5. The molecule has 1 atom stereocenters. The van der Waals surface area contributed by atoms with Crippen molar-refractivity contribution >= 4 is 16.9 Å². The largest absolute Gasteiger partial charge is 0.496 e. The lowest BCUT2D eigenvalue weighted by Gasteiger charge is -2.32. The maximum atomic E-state index is 11.3. The first kappa shape index (κ1) is 20.4. The van der Waals surface area contributed by atoms with Gasteiger partial charge in [0.25, 0.3) is 0 Å². The number of aromatic carboxylic acids is 1. The Bertz CT molecular complexity index is 1040. The van der Waals surface area contributed by atoms with Crippen LogP contribution in [0.15, 0.2) is 42.6 Å². The molecule has 0 saturated carbocycles. The zero-order chi connectivity index (χ0) is 21.3. The molecule has 0 amide bonds. The van der Waals surface area contributed by atoms with Crippen LogP contribution in [0, 0.1) is 6.92 Å². The highest BCUT2D eigenvalue weighted by Crippen LogP contribution is 2.34. The number of carboxylic acids is 1. The summed E-state index contributed by atoms with van der Waals surface area (Å²) in [5, 5.41) is 10.4. The number of carbonyl (C=O) groups is 1. The van der Waals surface area contributed by atoms with E-state index in [-0.39, 0.29) is 6.04 Å².